The lowest BCUT2D eigenvalue weighted by atomic mass is 10.1. The summed E-state index contributed by atoms with van der Waals surface area (Å²) >= 11 is 0. The van der Waals surface area contributed by atoms with Crippen molar-refractivity contribution >= 4 is 33.4 Å². The van der Waals surface area contributed by atoms with Crippen LogP contribution in [-0.4, -0.2) is 37.1 Å². The Hall–Kier alpha value is -3.04. The standard InChI is InChI=1S/C20H21N3O5S/c1-2-18(24)22(13-14-8-10-16(11-9-14)29(21,27)28)17-12-19(25)23(20(17)26)15-6-4-3-5-7-15/h3-11,17H,2,12-13H2,1H3,(H2,21,27,28)/t17-/m0/s1. The number of carbonyl (C=O) groups is 3. The molecule has 0 saturated carbocycles. The highest BCUT2D eigenvalue weighted by Gasteiger charge is 2.44. The number of imide groups is 1. The fourth-order valence-corrected chi connectivity index (χ4v) is 3.78. The Morgan fingerprint density at radius 1 is 1.10 bits per heavy atom. The van der Waals surface area contributed by atoms with Crippen molar-refractivity contribution in [2.45, 2.75) is 37.2 Å². The summed E-state index contributed by atoms with van der Waals surface area (Å²) in [7, 11) is -3.82. The monoisotopic (exact) mass is 415 g/mol. The van der Waals surface area contributed by atoms with Crippen LogP contribution in [0.1, 0.15) is 25.3 Å². The van der Waals surface area contributed by atoms with Crippen molar-refractivity contribution in [3.63, 3.8) is 0 Å². The average Bonchev–Trinajstić information content (AvgIpc) is 2.99. The Morgan fingerprint density at radius 3 is 2.28 bits per heavy atom. The molecule has 1 saturated heterocycles. The molecule has 0 radical (unpaired) electrons. The highest BCUT2D eigenvalue weighted by molar-refractivity contribution is 7.89. The number of rotatable bonds is 6. The molecule has 1 heterocycles. The van der Waals surface area contributed by atoms with Crippen LogP contribution in [0.15, 0.2) is 59.5 Å². The van der Waals surface area contributed by atoms with Gasteiger partial charge in [-0.25, -0.2) is 18.5 Å². The van der Waals surface area contributed by atoms with Gasteiger partial charge in [0.15, 0.2) is 0 Å². The zero-order valence-electron chi connectivity index (χ0n) is 15.8. The fraction of sp³-hybridized carbons (Fsp3) is 0.250. The molecule has 1 aliphatic rings. The molecular weight excluding hydrogens is 394 g/mol. The Morgan fingerprint density at radius 2 is 1.72 bits per heavy atom. The van der Waals surface area contributed by atoms with E-state index in [1.807, 2.05) is 0 Å². The molecule has 2 aromatic carbocycles. The van der Waals surface area contributed by atoms with E-state index in [2.05, 4.69) is 0 Å². The molecule has 3 amide bonds. The minimum absolute atomic E-state index is 0.0445. The number of hydrogen-bond donors (Lipinski definition) is 1. The minimum atomic E-state index is -3.82. The van der Waals surface area contributed by atoms with E-state index in [0.29, 0.717) is 11.3 Å². The molecule has 9 heteroatoms. The maximum absolute atomic E-state index is 13.0. The van der Waals surface area contributed by atoms with Crippen LogP contribution < -0.4 is 10.0 Å². The molecule has 1 aliphatic heterocycles. The smallest absolute Gasteiger partial charge is 0.257 e. The number of primary sulfonamides is 1. The van der Waals surface area contributed by atoms with Crippen LogP contribution in [0.2, 0.25) is 0 Å². The van der Waals surface area contributed by atoms with Crippen molar-refractivity contribution in [2.24, 2.45) is 5.14 Å². The summed E-state index contributed by atoms with van der Waals surface area (Å²) < 4.78 is 22.8. The SMILES string of the molecule is CCC(=O)N(Cc1ccc(S(N)(=O)=O)cc1)[C@H]1CC(=O)N(c2ccccc2)C1=O. The second-order valence-corrected chi connectivity index (χ2v) is 8.25. The third-order valence-corrected chi connectivity index (χ3v) is 5.67. The normalized spacial score (nSPS) is 16.9. The summed E-state index contributed by atoms with van der Waals surface area (Å²) in [6, 6.07) is 13.4. The van der Waals surface area contributed by atoms with Crippen molar-refractivity contribution in [2.75, 3.05) is 4.90 Å². The number of nitrogens with zero attached hydrogens (tertiary/aromatic N) is 2. The number of para-hydroxylation sites is 1. The number of amides is 3. The highest BCUT2D eigenvalue weighted by atomic mass is 32.2. The van der Waals surface area contributed by atoms with Gasteiger partial charge < -0.3 is 4.90 Å². The number of benzene rings is 2. The average molecular weight is 415 g/mol. The summed E-state index contributed by atoms with van der Waals surface area (Å²) in [5.41, 5.74) is 1.09. The van der Waals surface area contributed by atoms with Crippen LogP contribution >= 0.6 is 0 Å². The fourth-order valence-electron chi connectivity index (χ4n) is 3.26. The van der Waals surface area contributed by atoms with Crippen LogP contribution in [0.25, 0.3) is 0 Å². The van der Waals surface area contributed by atoms with Gasteiger partial charge in [-0.1, -0.05) is 37.3 Å². The molecule has 1 atom stereocenters. The largest absolute Gasteiger partial charge is 0.326 e. The molecular formula is C20H21N3O5S. The molecule has 1 fully saturated rings. The van der Waals surface area contributed by atoms with Crippen LogP contribution in [0.4, 0.5) is 5.69 Å². The van der Waals surface area contributed by atoms with Crippen molar-refractivity contribution in [1.29, 1.82) is 0 Å². The molecule has 0 bridgehead atoms. The number of carbonyl (C=O) groups excluding carboxylic acids is 3. The predicted octanol–water partition coefficient (Wildman–Crippen LogP) is 1.40. The van der Waals surface area contributed by atoms with E-state index in [0.717, 1.165) is 4.90 Å². The van der Waals surface area contributed by atoms with E-state index >= 15 is 0 Å². The molecule has 0 spiro atoms. The van der Waals surface area contributed by atoms with Crippen molar-refractivity contribution in [1.82, 2.24) is 4.90 Å². The molecule has 0 aliphatic carbocycles. The molecule has 3 rings (SSSR count). The van der Waals surface area contributed by atoms with Gasteiger partial charge >= 0.3 is 0 Å². The summed E-state index contributed by atoms with van der Waals surface area (Å²) in [4.78, 5) is 40.5. The lowest BCUT2D eigenvalue weighted by Gasteiger charge is -2.27. The van der Waals surface area contributed by atoms with Gasteiger partial charge in [-0.05, 0) is 29.8 Å². The molecule has 29 heavy (non-hydrogen) atoms. The van der Waals surface area contributed by atoms with E-state index in [4.69, 9.17) is 5.14 Å². The van der Waals surface area contributed by atoms with E-state index < -0.39 is 22.0 Å². The highest BCUT2D eigenvalue weighted by Crippen LogP contribution is 2.27. The Balaban J connectivity index is 1.87. The van der Waals surface area contributed by atoms with E-state index in [1.54, 1.807) is 37.3 Å². The molecule has 2 N–H and O–H groups in total. The topological polar surface area (TPSA) is 118 Å². The van der Waals surface area contributed by atoms with Crippen molar-refractivity contribution < 1.29 is 22.8 Å². The van der Waals surface area contributed by atoms with Gasteiger partial charge in [-0.15, -0.1) is 0 Å². The Kier molecular flexibility index (Phi) is 5.81. The first kappa shape index (κ1) is 20.7. The maximum Gasteiger partial charge on any atom is 0.257 e. The van der Waals surface area contributed by atoms with Gasteiger partial charge in [-0.2, -0.15) is 0 Å². The quantitative estimate of drug-likeness (QED) is 0.716. The predicted molar refractivity (Wildman–Crippen MR) is 106 cm³/mol. The Bertz CT molecular complexity index is 1040. The minimum Gasteiger partial charge on any atom is -0.326 e. The summed E-state index contributed by atoms with van der Waals surface area (Å²) in [5, 5.41) is 5.10. The van der Waals surface area contributed by atoms with Crippen LogP contribution in [0.5, 0.6) is 0 Å². The van der Waals surface area contributed by atoms with Crippen LogP contribution in [-0.2, 0) is 31.0 Å². The first-order valence-corrected chi connectivity index (χ1v) is 10.6. The first-order chi connectivity index (χ1) is 13.7. The van der Waals surface area contributed by atoms with Crippen LogP contribution in [0.3, 0.4) is 0 Å². The molecule has 8 nitrogen and oxygen atoms in total. The second kappa shape index (κ2) is 8.14. The van der Waals surface area contributed by atoms with Gasteiger partial charge in [0.05, 0.1) is 17.0 Å². The number of sulfonamides is 1. The zero-order valence-corrected chi connectivity index (χ0v) is 16.6. The number of nitrogens with two attached hydrogens (primary N) is 1. The lowest BCUT2D eigenvalue weighted by Crippen LogP contribution is -2.44. The summed E-state index contributed by atoms with van der Waals surface area (Å²) in [5.74, 6) is -1.10. The second-order valence-electron chi connectivity index (χ2n) is 6.69. The molecule has 152 valence electrons. The van der Waals surface area contributed by atoms with Gasteiger partial charge in [0.1, 0.15) is 6.04 Å². The summed E-state index contributed by atoms with van der Waals surface area (Å²) in [6.07, 6.45) is 0.0628. The third-order valence-electron chi connectivity index (χ3n) is 4.74. The van der Waals surface area contributed by atoms with Crippen LogP contribution in [0, 0.1) is 0 Å². The zero-order chi connectivity index (χ0) is 21.2. The van der Waals surface area contributed by atoms with E-state index in [1.165, 1.54) is 29.2 Å². The van der Waals surface area contributed by atoms with E-state index in [-0.39, 0.29) is 36.1 Å². The molecule has 2 aromatic rings. The van der Waals surface area contributed by atoms with Gasteiger partial charge in [0.25, 0.3) is 5.91 Å². The summed E-state index contributed by atoms with van der Waals surface area (Å²) in [6.45, 7) is 1.75. The Labute approximate surface area is 169 Å². The van der Waals surface area contributed by atoms with Gasteiger partial charge in [0, 0.05) is 13.0 Å². The van der Waals surface area contributed by atoms with Crippen molar-refractivity contribution in [3.05, 3.63) is 60.2 Å². The molecule has 0 unspecified atom stereocenters. The van der Waals surface area contributed by atoms with Gasteiger partial charge in [-0.3, -0.25) is 14.4 Å². The number of anilines is 1. The maximum atomic E-state index is 13.0. The van der Waals surface area contributed by atoms with Gasteiger partial charge in [0.2, 0.25) is 21.8 Å². The lowest BCUT2D eigenvalue weighted by molar-refractivity contribution is -0.138. The number of hydrogen-bond acceptors (Lipinski definition) is 5. The van der Waals surface area contributed by atoms with E-state index in [9.17, 15) is 22.8 Å². The third kappa shape index (κ3) is 4.36. The molecule has 0 aromatic heterocycles. The van der Waals surface area contributed by atoms with Crippen molar-refractivity contribution in [3.8, 4) is 0 Å². The first-order valence-electron chi connectivity index (χ1n) is 9.05.